The average Bonchev–Trinajstić information content (AvgIpc) is 3.30. The molecule has 0 radical (unpaired) electrons. The minimum Gasteiger partial charge on any atom is -0.294 e. The molecule has 0 N–H and O–H groups in total. The maximum Gasteiger partial charge on any atom is 0.252 e. The van der Waals surface area contributed by atoms with Gasteiger partial charge in [-0.05, 0) is 30.0 Å². The van der Waals surface area contributed by atoms with E-state index in [1.807, 2.05) is 23.6 Å². The van der Waals surface area contributed by atoms with Crippen molar-refractivity contribution in [2.75, 3.05) is 0 Å². The lowest BCUT2D eigenvalue weighted by atomic mass is 9.86. The number of carbonyl (C=O) groups excluding carboxylic acids is 1. The van der Waals surface area contributed by atoms with Gasteiger partial charge in [0.2, 0.25) is 0 Å². The van der Waals surface area contributed by atoms with Crippen LogP contribution in [0.15, 0.2) is 48.2 Å². The van der Waals surface area contributed by atoms with Crippen molar-refractivity contribution in [3.05, 3.63) is 64.4 Å². The number of hydrogen-bond acceptors (Lipinski definition) is 6. The van der Waals surface area contributed by atoms with Crippen molar-refractivity contribution in [2.24, 2.45) is 0 Å². The lowest BCUT2D eigenvalue weighted by Gasteiger charge is -2.21. The Morgan fingerprint density at radius 3 is 2.92 bits per heavy atom. The second kappa shape index (κ2) is 5.56. The molecule has 0 fully saturated rings. The average molecular weight is 347 g/mol. The number of pyridine rings is 1. The van der Waals surface area contributed by atoms with E-state index in [0.717, 1.165) is 17.7 Å². The predicted molar refractivity (Wildman–Crippen MR) is 93.7 cm³/mol. The summed E-state index contributed by atoms with van der Waals surface area (Å²) in [6.45, 7) is 0. The molecule has 0 amide bonds. The summed E-state index contributed by atoms with van der Waals surface area (Å²) >= 11 is 1.69. The van der Waals surface area contributed by atoms with Gasteiger partial charge in [0.05, 0.1) is 11.3 Å². The number of nitrogens with zero attached hydrogens (tertiary/aromatic N) is 5. The summed E-state index contributed by atoms with van der Waals surface area (Å²) in [4.78, 5) is 27.1. The minimum atomic E-state index is 0.118. The Hall–Kier alpha value is -2.93. The van der Waals surface area contributed by atoms with Crippen molar-refractivity contribution in [1.29, 1.82) is 0 Å². The van der Waals surface area contributed by atoms with Gasteiger partial charge in [-0.15, -0.1) is 16.4 Å². The van der Waals surface area contributed by atoms with E-state index >= 15 is 0 Å². The van der Waals surface area contributed by atoms with E-state index in [4.69, 9.17) is 0 Å². The zero-order valence-corrected chi connectivity index (χ0v) is 14.0. The smallest absolute Gasteiger partial charge is 0.252 e. The standard InChI is InChI=1S/C18H13N5OS/c24-15-8-12(16-4-2-6-25-16)7-14-13(15)10-23-18(20-14)21-17(22-23)11-3-1-5-19-9-11/h1-6,9-10,12H,7-8H2. The molecule has 4 heterocycles. The van der Waals surface area contributed by atoms with E-state index in [1.54, 1.807) is 34.4 Å². The molecule has 25 heavy (non-hydrogen) atoms. The van der Waals surface area contributed by atoms with Crippen molar-refractivity contribution in [3.63, 3.8) is 0 Å². The van der Waals surface area contributed by atoms with E-state index in [9.17, 15) is 4.79 Å². The van der Waals surface area contributed by atoms with Crippen LogP contribution in [0.2, 0.25) is 0 Å². The molecular weight excluding hydrogens is 334 g/mol. The van der Waals surface area contributed by atoms with Gasteiger partial charge in [-0.2, -0.15) is 4.98 Å². The second-order valence-corrected chi connectivity index (χ2v) is 7.05. The second-order valence-electron chi connectivity index (χ2n) is 6.07. The van der Waals surface area contributed by atoms with Crippen LogP contribution in [0.3, 0.4) is 0 Å². The molecule has 1 unspecified atom stereocenters. The molecule has 4 aromatic rings. The van der Waals surface area contributed by atoms with Crippen molar-refractivity contribution in [1.82, 2.24) is 24.6 Å². The van der Waals surface area contributed by atoms with E-state index in [2.05, 4.69) is 26.1 Å². The Morgan fingerprint density at radius 1 is 1.16 bits per heavy atom. The number of ketones is 1. The summed E-state index contributed by atoms with van der Waals surface area (Å²) in [5.41, 5.74) is 2.30. The molecule has 122 valence electrons. The molecule has 7 heteroatoms. The quantitative estimate of drug-likeness (QED) is 0.557. The van der Waals surface area contributed by atoms with E-state index in [-0.39, 0.29) is 11.7 Å². The lowest BCUT2D eigenvalue weighted by Crippen LogP contribution is -2.20. The molecule has 1 atom stereocenters. The van der Waals surface area contributed by atoms with Crippen LogP contribution in [-0.4, -0.2) is 30.3 Å². The van der Waals surface area contributed by atoms with Crippen molar-refractivity contribution >= 4 is 22.9 Å². The first kappa shape index (κ1) is 14.4. The summed E-state index contributed by atoms with van der Waals surface area (Å²) in [5, 5.41) is 6.49. The number of aromatic nitrogens is 5. The molecule has 0 aromatic carbocycles. The van der Waals surface area contributed by atoms with Gasteiger partial charge in [-0.1, -0.05) is 6.07 Å². The van der Waals surface area contributed by atoms with Crippen LogP contribution in [0.5, 0.6) is 0 Å². The molecule has 0 spiro atoms. The van der Waals surface area contributed by atoms with Crippen LogP contribution in [0, 0.1) is 0 Å². The minimum absolute atomic E-state index is 0.118. The Labute approximate surface area is 147 Å². The SMILES string of the molecule is O=C1CC(c2cccs2)Cc2nc3nc(-c4cccnc4)nn3cc21. The predicted octanol–water partition coefficient (Wildman–Crippen LogP) is 3.16. The maximum absolute atomic E-state index is 12.6. The summed E-state index contributed by atoms with van der Waals surface area (Å²) in [7, 11) is 0. The topological polar surface area (TPSA) is 73.0 Å². The zero-order valence-electron chi connectivity index (χ0n) is 13.2. The first-order valence-corrected chi connectivity index (χ1v) is 8.89. The first-order chi connectivity index (χ1) is 12.3. The van der Waals surface area contributed by atoms with Gasteiger partial charge in [0.1, 0.15) is 0 Å². The Morgan fingerprint density at radius 2 is 2.12 bits per heavy atom. The number of hydrogen-bond donors (Lipinski definition) is 0. The fourth-order valence-corrected chi connectivity index (χ4v) is 4.06. The zero-order chi connectivity index (χ0) is 16.8. The Bertz CT molecular complexity index is 1070. The van der Waals surface area contributed by atoms with Crippen LogP contribution in [0.25, 0.3) is 17.2 Å². The van der Waals surface area contributed by atoms with E-state index in [1.165, 1.54) is 4.88 Å². The Kier molecular flexibility index (Phi) is 3.21. The third kappa shape index (κ3) is 2.44. The van der Waals surface area contributed by atoms with E-state index < -0.39 is 0 Å². The first-order valence-electron chi connectivity index (χ1n) is 8.01. The molecule has 4 aromatic heterocycles. The summed E-state index contributed by atoms with van der Waals surface area (Å²) in [6.07, 6.45) is 6.46. The number of thiophene rings is 1. The fourth-order valence-electron chi connectivity index (χ4n) is 3.23. The maximum atomic E-state index is 12.6. The summed E-state index contributed by atoms with van der Waals surface area (Å²) < 4.78 is 1.59. The van der Waals surface area contributed by atoms with E-state index in [0.29, 0.717) is 23.6 Å². The number of fused-ring (bicyclic) bond motifs is 2. The molecule has 0 saturated carbocycles. The monoisotopic (exact) mass is 347 g/mol. The highest BCUT2D eigenvalue weighted by atomic mass is 32.1. The molecule has 0 aliphatic heterocycles. The largest absolute Gasteiger partial charge is 0.294 e. The third-order valence-corrected chi connectivity index (χ3v) is 5.48. The van der Waals surface area contributed by atoms with Crippen molar-refractivity contribution < 1.29 is 4.79 Å². The van der Waals surface area contributed by atoms with Crippen LogP contribution in [0.1, 0.15) is 33.3 Å². The van der Waals surface area contributed by atoms with Crippen LogP contribution in [0.4, 0.5) is 0 Å². The third-order valence-electron chi connectivity index (χ3n) is 4.45. The van der Waals surface area contributed by atoms with Crippen LogP contribution >= 0.6 is 11.3 Å². The highest BCUT2D eigenvalue weighted by molar-refractivity contribution is 7.10. The Balaban J connectivity index is 1.59. The molecule has 6 nitrogen and oxygen atoms in total. The molecule has 5 rings (SSSR count). The normalized spacial score (nSPS) is 17.0. The number of Topliss-reactive ketones (excluding diaryl/α,β-unsaturated/α-hetero) is 1. The van der Waals surface area contributed by atoms with Crippen molar-refractivity contribution in [2.45, 2.75) is 18.8 Å². The van der Waals surface area contributed by atoms with Gasteiger partial charge in [-0.3, -0.25) is 9.78 Å². The molecular formula is C18H13N5OS. The number of rotatable bonds is 2. The highest BCUT2D eigenvalue weighted by Gasteiger charge is 2.29. The van der Waals surface area contributed by atoms with Gasteiger partial charge >= 0.3 is 0 Å². The van der Waals surface area contributed by atoms with Gasteiger partial charge in [0.25, 0.3) is 5.78 Å². The molecule has 0 saturated heterocycles. The van der Waals surface area contributed by atoms with Gasteiger partial charge in [-0.25, -0.2) is 9.50 Å². The van der Waals surface area contributed by atoms with Gasteiger partial charge in [0.15, 0.2) is 11.6 Å². The lowest BCUT2D eigenvalue weighted by molar-refractivity contribution is 0.0963. The van der Waals surface area contributed by atoms with Gasteiger partial charge in [0, 0.05) is 41.4 Å². The molecule has 1 aliphatic carbocycles. The van der Waals surface area contributed by atoms with Crippen LogP contribution in [-0.2, 0) is 6.42 Å². The highest BCUT2D eigenvalue weighted by Crippen LogP contribution is 2.34. The van der Waals surface area contributed by atoms with Gasteiger partial charge < -0.3 is 0 Å². The molecule has 1 aliphatic rings. The van der Waals surface area contributed by atoms with Crippen molar-refractivity contribution in [3.8, 4) is 11.4 Å². The number of carbonyl (C=O) groups is 1. The molecule has 0 bridgehead atoms. The fraction of sp³-hybridized carbons (Fsp3) is 0.167. The summed E-state index contributed by atoms with van der Waals surface area (Å²) in [5.74, 6) is 1.39. The summed E-state index contributed by atoms with van der Waals surface area (Å²) in [6, 6.07) is 7.85. The van der Waals surface area contributed by atoms with Crippen LogP contribution < -0.4 is 0 Å².